The fraction of sp³-hybridized carbons (Fsp3) is 0.625. The Hall–Kier alpha value is -0.380. The molecule has 1 fully saturated rings. The van der Waals surface area contributed by atoms with E-state index in [9.17, 15) is 0 Å². The highest BCUT2D eigenvalue weighted by atomic mass is 79.9. The van der Waals surface area contributed by atoms with E-state index in [1.165, 1.54) is 44.2 Å². The van der Waals surface area contributed by atoms with Gasteiger partial charge in [0.1, 0.15) is 0 Å². The highest BCUT2D eigenvalue weighted by molar-refractivity contribution is 9.10. The first-order valence-corrected chi connectivity index (χ1v) is 8.17. The molecular weight excluding hydrogens is 302 g/mol. The van der Waals surface area contributed by atoms with Crippen molar-refractivity contribution in [3.05, 3.63) is 34.3 Å². The SMILES string of the molecule is Brc1cccc(COCCNCC2CCCCC2)c1. The number of hydrogen-bond donors (Lipinski definition) is 1. The van der Waals surface area contributed by atoms with E-state index in [2.05, 4.69) is 33.4 Å². The number of nitrogens with one attached hydrogen (secondary N) is 1. The second kappa shape index (κ2) is 8.72. The maximum atomic E-state index is 5.68. The normalized spacial score (nSPS) is 16.7. The Kier molecular flexibility index (Phi) is 6.90. The molecule has 106 valence electrons. The van der Waals surface area contributed by atoms with Crippen LogP contribution in [0.15, 0.2) is 28.7 Å². The average molecular weight is 326 g/mol. The molecule has 0 amide bonds. The highest BCUT2D eigenvalue weighted by Crippen LogP contribution is 2.22. The smallest absolute Gasteiger partial charge is 0.0717 e. The van der Waals surface area contributed by atoms with Crippen molar-refractivity contribution in [3.8, 4) is 0 Å². The molecule has 0 bridgehead atoms. The van der Waals surface area contributed by atoms with Gasteiger partial charge in [-0.3, -0.25) is 0 Å². The first-order chi connectivity index (χ1) is 9.34. The number of rotatable bonds is 7. The predicted octanol–water partition coefficient (Wildman–Crippen LogP) is 4.14. The van der Waals surface area contributed by atoms with E-state index < -0.39 is 0 Å². The Balaban J connectivity index is 1.50. The molecule has 1 saturated carbocycles. The molecule has 1 aromatic rings. The highest BCUT2D eigenvalue weighted by Gasteiger charge is 2.12. The molecule has 0 radical (unpaired) electrons. The van der Waals surface area contributed by atoms with Crippen LogP contribution in [0.1, 0.15) is 37.7 Å². The predicted molar refractivity (Wildman–Crippen MR) is 83.2 cm³/mol. The van der Waals surface area contributed by atoms with Crippen LogP contribution in [-0.4, -0.2) is 19.7 Å². The van der Waals surface area contributed by atoms with Crippen molar-refractivity contribution in [1.82, 2.24) is 5.32 Å². The molecule has 19 heavy (non-hydrogen) atoms. The van der Waals surface area contributed by atoms with Crippen LogP contribution in [0.4, 0.5) is 0 Å². The summed E-state index contributed by atoms with van der Waals surface area (Å²) < 4.78 is 6.80. The summed E-state index contributed by atoms with van der Waals surface area (Å²) in [7, 11) is 0. The maximum absolute atomic E-state index is 5.68. The minimum absolute atomic E-state index is 0.699. The fourth-order valence-corrected chi connectivity index (χ4v) is 3.11. The van der Waals surface area contributed by atoms with Gasteiger partial charge in [-0.2, -0.15) is 0 Å². The van der Waals surface area contributed by atoms with E-state index in [-0.39, 0.29) is 0 Å². The Morgan fingerprint density at radius 2 is 2.05 bits per heavy atom. The van der Waals surface area contributed by atoms with Gasteiger partial charge < -0.3 is 10.1 Å². The van der Waals surface area contributed by atoms with Gasteiger partial charge in [-0.25, -0.2) is 0 Å². The summed E-state index contributed by atoms with van der Waals surface area (Å²) in [4.78, 5) is 0. The largest absolute Gasteiger partial charge is 0.375 e. The molecule has 3 heteroatoms. The van der Waals surface area contributed by atoms with Gasteiger partial charge in [0.25, 0.3) is 0 Å². The molecule has 1 aromatic carbocycles. The molecule has 0 heterocycles. The second-order valence-corrected chi connectivity index (χ2v) is 6.31. The monoisotopic (exact) mass is 325 g/mol. The van der Waals surface area contributed by atoms with Crippen molar-refractivity contribution in [2.45, 2.75) is 38.7 Å². The fourth-order valence-electron chi connectivity index (χ4n) is 2.66. The first kappa shape index (κ1) is 15.0. The van der Waals surface area contributed by atoms with E-state index in [0.717, 1.165) is 23.5 Å². The Labute approximate surface area is 125 Å². The number of hydrogen-bond acceptors (Lipinski definition) is 2. The van der Waals surface area contributed by atoms with Crippen LogP contribution in [0.5, 0.6) is 0 Å². The Bertz CT molecular complexity index is 364. The molecule has 0 unspecified atom stereocenters. The van der Waals surface area contributed by atoms with E-state index in [4.69, 9.17) is 4.74 Å². The second-order valence-electron chi connectivity index (χ2n) is 5.39. The number of benzene rings is 1. The zero-order chi connectivity index (χ0) is 13.3. The van der Waals surface area contributed by atoms with Crippen LogP contribution in [0.2, 0.25) is 0 Å². The standard InChI is InChI=1S/C16H24BrNO/c17-16-8-4-7-15(11-16)13-19-10-9-18-12-14-5-2-1-3-6-14/h4,7-8,11,14,18H,1-3,5-6,9-10,12-13H2. The lowest BCUT2D eigenvalue weighted by molar-refractivity contribution is 0.121. The Morgan fingerprint density at radius 1 is 1.21 bits per heavy atom. The minimum atomic E-state index is 0.699. The van der Waals surface area contributed by atoms with Crippen LogP contribution in [-0.2, 0) is 11.3 Å². The minimum Gasteiger partial charge on any atom is -0.375 e. The zero-order valence-corrected chi connectivity index (χ0v) is 13.1. The molecule has 1 aliphatic rings. The zero-order valence-electron chi connectivity index (χ0n) is 11.5. The quantitative estimate of drug-likeness (QED) is 0.761. The van der Waals surface area contributed by atoms with Gasteiger partial charge in [0.2, 0.25) is 0 Å². The van der Waals surface area contributed by atoms with Crippen LogP contribution in [0.3, 0.4) is 0 Å². The van der Waals surface area contributed by atoms with Crippen LogP contribution in [0, 0.1) is 5.92 Å². The van der Waals surface area contributed by atoms with Gasteiger partial charge in [0.05, 0.1) is 13.2 Å². The molecule has 0 spiro atoms. The summed E-state index contributed by atoms with van der Waals surface area (Å²) in [5, 5.41) is 3.52. The lowest BCUT2D eigenvalue weighted by Crippen LogP contribution is -2.27. The van der Waals surface area contributed by atoms with Gasteiger partial charge in [0.15, 0.2) is 0 Å². The van der Waals surface area contributed by atoms with Gasteiger partial charge in [-0.1, -0.05) is 47.3 Å². The van der Waals surface area contributed by atoms with Crippen molar-refractivity contribution in [3.63, 3.8) is 0 Å². The summed E-state index contributed by atoms with van der Waals surface area (Å²) in [5.74, 6) is 0.902. The third-order valence-corrected chi connectivity index (χ3v) is 4.23. The van der Waals surface area contributed by atoms with Gasteiger partial charge in [0, 0.05) is 11.0 Å². The van der Waals surface area contributed by atoms with Crippen LogP contribution >= 0.6 is 15.9 Å². The molecule has 2 rings (SSSR count). The van der Waals surface area contributed by atoms with E-state index in [1.54, 1.807) is 0 Å². The van der Waals surface area contributed by atoms with Gasteiger partial charge in [-0.05, 0) is 43.0 Å². The van der Waals surface area contributed by atoms with Crippen molar-refractivity contribution in [2.75, 3.05) is 19.7 Å². The van der Waals surface area contributed by atoms with Crippen molar-refractivity contribution < 1.29 is 4.74 Å². The number of halogens is 1. The first-order valence-electron chi connectivity index (χ1n) is 7.37. The molecule has 0 aromatic heterocycles. The molecular formula is C16H24BrNO. The van der Waals surface area contributed by atoms with E-state index >= 15 is 0 Å². The molecule has 0 aliphatic heterocycles. The molecule has 0 saturated heterocycles. The maximum Gasteiger partial charge on any atom is 0.0717 e. The molecule has 0 atom stereocenters. The van der Waals surface area contributed by atoms with Crippen LogP contribution < -0.4 is 5.32 Å². The number of ether oxygens (including phenoxy) is 1. The van der Waals surface area contributed by atoms with Crippen LogP contribution in [0.25, 0.3) is 0 Å². The third kappa shape index (κ3) is 6.07. The van der Waals surface area contributed by atoms with Gasteiger partial charge >= 0.3 is 0 Å². The Morgan fingerprint density at radius 3 is 2.84 bits per heavy atom. The molecule has 2 nitrogen and oxygen atoms in total. The van der Waals surface area contributed by atoms with Crippen molar-refractivity contribution in [2.24, 2.45) is 5.92 Å². The molecule has 1 N–H and O–H groups in total. The summed E-state index contributed by atoms with van der Waals surface area (Å²) in [6.07, 6.45) is 7.10. The summed E-state index contributed by atoms with van der Waals surface area (Å²) in [6, 6.07) is 8.29. The lowest BCUT2D eigenvalue weighted by Gasteiger charge is -2.21. The summed E-state index contributed by atoms with van der Waals surface area (Å²) in [6.45, 7) is 3.62. The summed E-state index contributed by atoms with van der Waals surface area (Å²) >= 11 is 3.47. The lowest BCUT2D eigenvalue weighted by atomic mass is 9.89. The van der Waals surface area contributed by atoms with E-state index in [0.29, 0.717) is 6.61 Å². The topological polar surface area (TPSA) is 21.3 Å². The molecule has 1 aliphatic carbocycles. The summed E-state index contributed by atoms with van der Waals surface area (Å²) in [5.41, 5.74) is 1.22. The van der Waals surface area contributed by atoms with Gasteiger partial charge in [-0.15, -0.1) is 0 Å². The van der Waals surface area contributed by atoms with Crippen molar-refractivity contribution in [1.29, 1.82) is 0 Å². The van der Waals surface area contributed by atoms with Crippen molar-refractivity contribution >= 4 is 15.9 Å². The van der Waals surface area contributed by atoms with E-state index in [1.807, 2.05) is 12.1 Å². The third-order valence-electron chi connectivity index (χ3n) is 3.74. The average Bonchev–Trinajstić information content (AvgIpc) is 2.44.